The summed E-state index contributed by atoms with van der Waals surface area (Å²) in [5, 5.41) is 0.427. The predicted molar refractivity (Wildman–Crippen MR) is 107 cm³/mol. The Morgan fingerprint density at radius 2 is 1.52 bits per heavy atom. The number of ether oxygens (including phenoxy) is 4. The highest BCUT2D eigenvalue weighted by Crippen LogP contribution is 2.30. The van der Waals surface area contributed by atoms with Crippen molar-refractivity contribution >= 4 is 16.6 Å². The standard InChI is InChI=1S/C20H20N4O5/c1-26-14-6-12-13(7-15(14)27-2)22-18(23-20(12)25)5-11-9-24-10-17(29-4)16(28-3)8-19(24)21-11/h6-10H,5H2,1-4H3,(H,22,23,25). The number of imidazole rings is 1. The van der Waals surface area contributed by atoms with Gasteiger partial charge in [0.1, 0.15) is 11.5 Å². The third kappa shape index (κ3) is 3.31. The molecule has 0 saturated carbocycles. The molecule has 0 aliphatic heterocycles. The third-order valence-electron chi connectivity index (χ3n) is 4.62. The summed E-state index contributed by atoms with van der Waals surface area (Å²) in [7, 11) is 6.21. The largest absolute Gasteiger partial charge is 0.493 e. The van der Waals surface area contributed by atoms with E-state index in [1.165, 1.54) is 14.2 Å². The molecule has 9 heteroatoms. The number of hydrogen-bond donors (Lipinski definition) is 1. The summed E-state index contributed by atoms with van der Waals surface area (Å²) in [6, 6.07) is 5.09. The zero-order valence-electron chi connectivity index (χ0n) is 16.5. The third-order valence-corrected chi connectivity index (χ3v) is 4.62. The molecule has 0 radical (unpaired) electrons. The summed E-state index contributed by atoms with van der Waals surface area (Å²) in [6.45, 7) is 0. The number of methoxy groups -OCH3 is 4. The van der Waals surface area contributed by atoms with Crippen LogP contribution in [0.4, 0.5) is 0 Å². The van der Waals surface area contributed by atoms with Crippen molar-refractivity contribution in [3.8, 4) is 23.0 Å². The fourth-order valence-corrected chi connectivity index (χ4v) is 3.22. The van der Waals surface area contributed by atoms with Crippen LogP contribution in [0, 0.1) is 0 Å². The number of fused-ring (bicyclic) bond motifs is 2. The molecule has 1 aromatic carbocycles. The molecule has 0 bridgehead atoms. The summed E-state index contributed by atoms with van der Waals surface area (Å²) < 4.78 is 23.0. The molecule has 0 unspecified atom stereocenters. The van der Waals surface area contributed by atoms with E-state index in [2.05, 4.69) is 15.0 Å². The average molecular weight is 396 g/mol. The number of nitrogens with one attached hydrogen (secondary N) is 1. The van der Waals surface area contributed by atoms with Gasteiger partial charge in [0.25, 0.3) is 5.56 Å². The Morgan fingerprint density at radius 3 is 2.21 bits per heavy atom. The van der Waals surface area contributed by atoms with Crippen molar-refractivity contribution in [2.75, 3.05) is 28.4 Å². The van der Waals surface area contributed by atoms with Gasteiger partial charge in [-0.25, -0.2) is 9.97 Å². The molecule has 0 spiro atoms. The Balaban J connectivity index is 1.74. The maximum Gasteiger partial charge on any atom is 0.258 e. The molecule has 0 fully saturated rings. The van der Waals surface area contributed by atoms with Gasteiger partial charge in [0, 0.05) is 24.8 Å². The molecule has 3 heterocycles. The molecular weight excluding hydrogens is 376 g/mol. The maximum absolute atomic E-state index is 12.5. The highest BCUT2D eigenvalue weighted by Gasteiger charge is 2.13. The number of hydrogen-bond acceptors (Lipinski definition) is 7. The summed E-state index contributed by atoms with van der Waals surface area (Å²) in [5.41, 5.74) is 1.71. The molecular formula is C20H20N4O5. The second-order valence-corrected chi connectivity index (χ2v) is 6.32. The second kappa shape index (κ2) is 7.34. The van der Waals surface area contributed by atoms with Crippen LogP contribution >= 0.6 is 0 Å². The van der Waals surface area contributed by atoms with Crippen LogP contribution in [0.15, 0.2) is 35.4 Å². The minimum atomic E-state index is -0.252. The summed E-state index contributed by atoms with van der Waals surface area (Å²) in [4.78, 5) is 24.5. The van der Waals surface area contributed by atoms with Crippen molar-refractivity contribution in [1.29, 1.82) is 0 Å². The van der Waals surface area contributed by atoms with Gasteiger partial charge in [-0.15, -0.1) is 0 Å². The maximum atomic E-state index is 12.5. The van der Waals surface area contributed by atoms with Crippen molar-refractivity contribution in [2.24, 2.45) is 0 Å². The van der Waals surface area contributed by atoms with Gasteiger partial charge >= 0.3 is 0 Å². The molecule has 0 aliphatic rings. The topological polar surface area (TPSA) is 100.0 Å². The van der Waals surface area contributed by atoms with Gasteiger partial charge in [-0.1, -0.05) is 0 Å². The highest BCUT2D eigenvalue weighted by atomic mass is 16.5. The molecule has 0 atom stereocenters. The quantitative estimate of drug-likeness (QED) is 0.533. The van der Waals surface area contributed by atoms with Gasteiger partial charge in [-0.05, 0) is 6.07 Å². The van der Waals surface area contributed by atoms with Crippen LogP contribution in [-0.4, -0.2) is 47.8 Å². The Labute approximate surface area is 165 Å². The van der Waals surface area contributed by atoms with Crippen molar-refractivity contribution in [2.45, 2.75) is 6.42 Å². The van der Waals surface area contributed by atoms with E-state index >= 15 is 0 Å². The van der Waals surface area contributed by atoms with Crippen LogP contribution < -0.4 is 24.5 Å². The molecule has 4 aromatic rings. The van der Waals surface area contributed by atoms with Gasteiger partial charge < -0.3 is 28.3 Å². The molecule has 0 aliphatic carbocycles. The SMILES string of the molecule is COc1cc2nc(Cc3cn4cc(OC)c(OC)cc4n3)[nH]c(=O)c2cc1OC. The molecule has 3 aromatic heterocycles. The highest BCUT2D eigenvalue weighted by molar-refractivity contribution is 5.81. The smallest absolute Gasteiger partial charge is 0.258 e. The lowest BCUT2D eigenvalue weighted by atomic mass is 10.2. The Morgan fingerprint density at radius 1 is 0.862 bits per heavy atom. The van der Waals surface area contributed by atoms with Crippen LogP contribution in [0.1, 0.15) is 11.5 Å². The molecule has 150 valence electrons. The zero-order valence-corrected chi connectivity index (χ0v) is 16.5. The number of aromatic amines is 1. The van der Waals surface area contributed by atoms with Gasteiger partial charge in [0.15, 0.2) is 23.0 Å². The molecule has 0 saturated heterocycles. The van der Waals surface area contributed by atoms with E-state index in [0.29, 0.717) is 51.8 Å². The first kappa shape index (κ1) is 18.6. The van der Waals surface area contributed by atoms with Crippen LogP contribution in [0.3, 0.4) is 0 Å². The Kier molecular flexibility index (Phi) is 4.71. The van der Waals surface area contributed by atoms with E-state index in [4.69, 9.17) is 18.9 Å². The van der Waals surface area contributed by atoms with Crippen LogP contribution in [0.2, 0.25) is 0 Å². The Bertz CT molecular complexity index is 1220. The lowest BCUT2D eigenvalue weighted by Crippen LogP contribution is -2.12. The molecule has 4 rings (SSSR count). The number of pyridine rings is 1. The molecule has 29 heavy (non-hydrogen) atoms. The fourth-order valence-electron chi connectivity index (χ4n) is 3.22. The van der Waals surface area contributed by atoms with Crippen molar-refractivity contribution < 1.29 is 18.9 Å². The van der Waals surface area contributed by atoms with E-state index in [9.17, 15) is 4.79 Å². The number of nitrogens with zero attached hydrogens (tertiary/aromatic N) is 3. The summed E-state index contributed by atoms with van der Waals surface area (Å²) in [5.74, 6) is 2.67. The van der Waals surface area contributed by atoms with E-state index in [0.717, 1.165) is 5.69 Å². The number of aromatic nitrogens is 4. The van der Waals surface area contributed by atoms with E-state index in [1.54, 1.807) is 38.6 Å². The first-order valence-electron chi connectivity index (χ1n) is 8.80. The van der Waals surface area contributed by atoms with E-state index in [1.807, 2.05) is 10.6 Å². The normalized spacial score (nSPS) is 11.0. The lowest BCUT2D eigenvalue weighted by molar-refractivity contribution is 0.353. The monoisotopic (exact) mass is 396 g/mol. The average Bonchev–Trinajstić information content (AvgIpc) is 3.12. The van der Waals surface area contributed by atoms with Gasteiger partial charge in [-0.3, -0.25) is 4.79 Å². The molecule has 1 N–H and O–H groups in total. The van der Waals surface area contributed by atoms with Crippen LogP contribution in [0.5, 0.6) is 23.0 Å². The summed E-state index contributed by atoms with van der Waals surface area (Å²) in [6.07, 6.45) is 4.00. The molecule has 0 amide bonds. The van der Waals surface area contributed by atoms with Crippen LogP contribution in [0.25, 0.3) is 16.6 Å². The zero-order chi connectivity index (χ0) is 20.5. The first-order chi connectivity index (χ1) is 14.1. The van der Waals surface area contributed by atoms with E-state index in [-0.39, 0.29) is 5.56 Å². The number of benzene rings is 1. The lowest BCUT2D eigenvalue weighted by Gasteiger charge is -2.09. The van der Waals surface area contributed by atoms with Crippen molar-refractivity contribution in [3.05, 3.63) is 52.5 Å². The molecule has 9 nitrogen and oxygen atoms in total. The van der Waals surface area contributed by atoms with Crippen molar-refractivity contribution in [3.63, 3.8) is 0 Å². The second-order valence-electron chi connectivity index (χ2n) is 6.32. The van der Waals surface area contributed by atoms with Crippen LogP contribution in [-0.2, 0) is 6.42 Å². The summed E-state index contributed by atoms with van der Waals surface area (Å²) >= 11 is 0. The predicted octanol–water partition coefficient (Wildman–Crippen LogP) is 2.20. The minimum absolute atomic E-state index is 0.252. The number of H-pyrrole nitrogens is 1. The number of rotatable bonds is 6. The first-order valence-corrected chi connectivity index (χ1v) is 8.80. The Hall–Kier alpha value is -3.75. The van der Waals surface area contributed by atoms with Crippen molar-refractivity contribution in [1.82, 2.24) is 19.4 Å². The van der Waals surface area contributed by atoms with Gasteiger partial charge in [0.2, 0.25) is 0 Å². The fraction of sp³-hybridized carbons (Fsp3) is 0.250. The minimum Gasteiger partial charge on any atom is -0.493 e. The van der Waals surface area contributed by atoms with E-state index < -0.39 is 0 Å². The van der Waals surface area contributed by atoms with Gasteiger partial charge in [-0.2, -0.15) is 0 Å². The van der Waals surface area contributed by atoms with Gasteiger partial charge in [0.05, 0.1) is 51.2 Å².